The van der Waals surface area contributed by atoms with Crippen LogP contribution >= 0.6 is 11.6 Å². The highest BCUT2D eigenvalue weighted by Crippen LogP contribution is 2.26. The van der Waals surface area contributed by atoms with Crippen LogP contribution in [-0.2, 0) is 4.74 Å². The van der Waals surface area contributed by atoms with E-state index in [0.717, 1.165) is 36.2 Å². The van der Waals surface area contributed by atoms with Crippen molar-refractivity contribution >= 4 is 22.5 Å². The van der Waals surface area contributed by atoms with E-state index in [0.29, 0.717) is 5.15 Å². The molecule has 0 spiro atoms. The number of hydrogen-bond acceptors (Lipinski definition) is 3. The standard InChI is InChI=1S/C11H12ClN3O/c12-11-8-5-7(1-2-9(8)14-15-11)10-6-13-3-4-16-10/h1-2,5,10,13H,3-4,6H2,(H,14,15). The number of nitrogens with zero attached hydrogens (tertiary/aromatic N) is 1. The molecule has 0 bridgehead atoms. The summed E-state index contributed by atoms with van der Waals surface area (Å²) in [6, 6.07) is 6.04. The minimum atomic E-state index is 0.115. The second-order valence-corrected chi connectivity index (χ2v) is 4.26. The minimum Gasteiger partial charge on any atom is -0.371 e. The van der Waals surface area contributed by atoms with Crippen molar-refractivity contribution in [3.63, 3.8) is 0 Å². The summed E-state index contributed by atoms with van der Waals surface area (Å²) < 4.78 is 5.69. The Morgan fingerprint density at radius 2 is 2.38 bits per heavy atom. The van der Waals surface area contributed by atoms with Crippen molar-refractivity contribution in [1.82, 2.24) is 15.5 Å². The molecule has 1 fully saturated rings. The van der Waals surface area contributed by atoms with Crippen molar-refractivity contribution in [3.8, 4) is 0 Å². The lowest BCUT2D eigenvalue weighted by Gasteiger charge is -2.23. The molecule has 1 unspecified atom stereocenters. The number of rotatable bonds is 1. The molecule has 0 amide bonds. The lowest BCUT2D eigenvalue weighted by atomic mass is 10.1. The summed E-state index contributed by atoms with van der Waals surface area (Å²) in [7, 11) is 0. The second-order valence-electron chi connectivity index (χ2n) is 3.88. The molecule has 2 N–H and O–H groups in total. The first kappa shape index (κ1) is 10.1. The Hall–Kier alpha value is -1.10. The molecule has 0 saturated carbocycles. The number of ether oxygens (including phenoxy) is 1. The normalized spacial score (nSPS) is 21.4. The minimum absolute atomic E-state index is 0.115. The van der Waals surface area contributed by atoms with E-state index in [-0.39, 0.29) is 6.10 Å². The summed E-state index contributed by atoms with van der Waals surface area (Å²) in [6.07, 6.45) is 0.115. The van der Waals surface area contributed by atoms with Crippen LogP contribution in [0.25, 0.3) is 10.9 Å². The Balaban J connectivity index is 1.99. The number of benzene rings is 1. The van der Waals surface area contributed by atoms with Gasteiger partial charge in [-0.1, -0.05) is 17.7 Å². The largest absolute Gasteiger partial charge is 0.371 e. The van der Waals surface area contributed by atoms with Gasteiger partial charge in [0.15, 0.2) is 0 Å². The second kappa shape index (κ2) is 4.05. The van der Waals surface area contributed by atoms with Crippen LogP contribution in [-0.4, -0.2) is 29.9 Å². The molecule has 2 aromatic rings. The van der Waals surface area contributed by atoms with Crippen LogP contribution in [0.5, 0.6) is 0 Å². The molecule has 4 nitrogen and oxygen atoms in total. The molecule has 0 radical (unpaired) electrons. The molecule has 1 aliphatic rings. The number of hydrogen-bond donors (Lipinski definition) is 2. The van der Waals surface area contributed by atoms with E-state index in [1.54, 1.807) is 0 Å². The van der Waals surface area contributed by atoms with Gasteiger partial charge in [0, 0.05) is 18.5 Å². The Kier molecular flexibility index (Phi) is 2.55. The number of H-pyrrole nitrogens is 1. The summed E-state index contributed by atoms with van der Waals surface area (Å²) in [4.78, 5) is 0. The van der Waals surface area contributed by atoms with Crippen LogP contribution in [0.2, 0.25) is 5.15 Å². The van der Waals surface area contributed by atoms with E-state index < -0.39 is 0 Å². The van der Waals surface area contributed by atoms with E-state index in [9.17, 15) is 0 Å². The molecular weight excluding hydrogens is 226 g/mol. The Morgan fingerprint density at radius 1 is 1.44 bits per heavy atom. The van der Waals surface area contributed by atoms with Crippen molar-refractivity contribution in [2.75, 3.05) is 19.7 Å². The van der Waals surface area contributed by atoms with Crippen molar-refractivity contribution in [2.24, 2.45) is 0 Å². The SMILES string of the molecule is Clc1[nH]nc2ccc(C3CNCCO3)cc12. The maximum atomic E-state index is 6.01. The lowest BCUT2D eigenvalue weighted by Crippen LogP contribution is -2.33. The molecule has 1 aromatic heterocycles. The zero-order chi connectivity index (χ0) is 11.0. The third-order valence-electron chi connectivity index (χ3n) is 2.83. The van der Waals surface area contributed by atoms with Crippen molar-refractivity contribution < 1.29 is 4.74 Å². The molecule has 5 heteroatoms. The van der Waals surface area contributed by atoms with E-state index in [1.165, 1.54) is 0 Å². The molecule has 1 aromatic carbocycles. The number of fused-ring (bicyclic) bond motifs is 1. The predicted octanol–water partition coefficient (Wildman–Crippen LogP) is 1.88. The monoisotopic (exact) mass is 237 g/mol. The van der Waals surface area contributed by atoms with E-state index in [4.69, 9.17) is 16.3 Å². The molecule has 2 heterocycles. The number of halogens is 1. The number of aromatic amines is 1. The molecular formula is C11H12ClN3O. The molecule has 16 heavy (non-hydrogen) atoms. The van der Waals surface area contributed by atoms with Gasteiger partial charge in [0.25, 0.3) is 0 Å². The highest BCUT2D eigenvalue weighted by atomic mass is 35.5. The summed E-state index contributed by atoms with van der Waals surface area (Å²) in [6.45, 7) is 2.52. The Labute approximate surface area is 97.9 Å². The number of nitrogens with one attached hydrogen (secondary N) is 2. The van der Waals surface area contributed by atoms with Crippen molar-refractivity contribution in [3.05, 3.63) is 28.9 Å². The zero-order valence-corrected chi connectivity index (χ0v) is 9.42. The van der Waals surface area contributed by atoms with Gasteiger partial charge in [-0.3, -0.25) is 5.10 Å². The summed E-state index contributed by atoms with van der Waals surface area (Å²) in [5, 5.41) is 11.7. The van der Waals surface area contributed by atoms with Gasteiger partial charge in [-0.05, 0) is 17.7 Å². The van der Waals surface area contributed by atoms with Gasteiger partial charge in [0.1, 0.15) is 5.15 Å². The van der Waals surface area contributed by atoms with E-state index in [2.05, 4.69) is 15.5 Å². The highest BCUT2D eigenvalue weighted by Gasteiger charge is 2.16. The zero-order valence-electron chi connectivity index (χ0n) is 8.66. The quantitative estimate of drug-likeness (QED) is 0.796. The first-order valence-electron chi connectivity index (χ1n) is 5.30. The van der Waals surface area contributed by atoms with E-state index in [1.807, 2.05) is 18.2 Å². The average molecular weight is 238 g/mol. The molecule has 1 saturated heterocycles. The van der Waals surface area contributed by atoms with Crippen LogP contribution in [0.4, 0.5) is 0 Å². The summed E-state index contributed by atoms with van der Waals surface area (Å²) >= 11 is 6.01. The van der Waals surface area contributed by atoms with Gasteiger partial charge in [-0.2, -0.15) is 5.10 Å². The Bertz CT molecular complexity index is 505. The van der Waals surface area contributed by atoms with Crippen LogP contribution in [0.3, 0.4) is 0 Å². The fraction of sp³-hybridized carbons (Fsp3) is 0.364. The van der Waals surface area contributed by atoms with Gasteiger partial charge in [0.2, 0.25) is 0 Å². The molecule has 1 aliphatic heterocycles. The maximum absolute atomic E-state index is 6.01. The van der Waals surface area contributed by atoms with Gasteiger partial charge in [0.05, 0.1) is 18.2 Å². The first-order chi connectivity index (χ1) is 7.84. The molecule has 1 atom stereocenters. The maximum Gasteiger partial charge on any atom is 0.132 e. The third kappa shape index (κ3) is 1.69. The van der Waals surface area contributed by atoms with E-state index >= 15 is 0 Å². The van der Waals surface area contributed by atoms with Crippen LogP contribution in [0, 0.1) is 0 Å². The third-order valence-corrected chi connectivity index (χ3v) is 3.12. The number of morpholine rings is 1. The smallest absolute Gasteiger partial charge is 0.132 e. The molecule has 84 valence electrons. The molecule has 0 aliphatic carbocycles. The van der Waals surface area contributed by atoms with Crippen molar-refractivity contribution in [2.45, 2.75) is 6.10 Å². The van der Waals surface area contributed by atoms with Gasteiger partial charge in [-0.15, -0.1) is 0 Å². The predicted molar refractivity (Wildman–Crippen MR) is 62.7 cm³/mol. The first-order valence-corrected chi connectivity index (χ1v) is 5.68. The topological polar surface area (TPSA) is 49.9 Å². The van der Waals surface area contributed by atoms with Crippen LogP contribution in [0.1, 0.15) is 11.7 Å². The highest BCUT2D eigenvalue weighted by molar-refractivity contribution is 6.34. The van der Waals surface area contributed by atoms with Gasteiger partial charge < -0.3 is 10.1 Å². The lowest BCUT2D eigenvalue weighted by molar-refractivity contribution is 0.0278. The van der Waals surface area contributed by atoms with Crippen molar-refractivity contribution in [1.29, 1.82) is 0 Å². The van der Waals surface area contributed by atoms with Crippen LogP contribution < -0.4 is 5.32 Å². The van der Waals surface area contributed by atoms with Gasteiger partial charge in [-0.25, -0.2) is 0 Å². The fourth-order valence-electron chi connectivity index (χ4n) is 1.98. The fourth-order valence-corrected chi connectivity index (χ4v) is 2.17. The average Bonchev–Trinajstić information content (AvgIpc) is 2.72. The summed E-state index contributed by atoms with van der Waals surface area (Å²) in [5.74, 6) is 0. The molecule has 3 rings (SSSR count). The number of aromatic nitrogens is 2. The van der Waals surface area contributed by atoms with Crippen LogP contribution in [0.15, 0.2) is 18.2 Å². The Morgan fingerprint density at radius 3 is 3.19 bits per heavy atom. The summed E-state index contributed by atoms with van der Waals surface area (Å²) in [5.41, 5.74) is 2.03. The van der Waals surface area contributed by atoms with Gasteiger partial charge >= 0.3 is 0 Å².